The van der Waals surface area contributed by atoms with Gasteiger partial charge in [0.25, 0.3) is 11.8 Å². The van der Waals surface area contributed by atoms with E-state index in [1.54, 1.807) is 68.4 Å². The fourth-order valence-corrected chi connectivity index (χ4v) is 5.09. The molecular weight excluding hydrogens is 594 g/mol. The average molecular weight is 639 g/mol. The zero-order valence-corrected chi connectivity index (χ0v) is 27.1. The molecule has 3 amide bonds. The number of halogens is 2. The molecule has 0 saturated heterocycles. The highest BCUT2D eigenvalue weighted by atomic mass is 19.1. The van der Waals surface area contributed by atoms with E-state index in [1.165, 1.54) is 9.80 Å². The number of aryl methyl sites for hydroxylation is 1. The Morgan fingerprint density at radius 2 is 1.43 bits per heavy atom. The predicted molar refractivity (Wildman–Crippen MR) is 173 cm³/mol. The maximum Gasteiger partial charge on any atom is 0.414 e. The molecule has 0 spiro atoms. The number of aliphatic hydroxyl groups is 1. The summed E-state index contributed by atoms with van der Waals surface area (Å²) in [5.41, 5.74) is 8.48. The Balaban J connectivity index is 1.94. The molecule has 0 aliphatic carbocycles. The molecule has 0 heterocycles. The number of carbonyl (C=O) groups excluding carboxylic acids is 3. The molecule has 0 saturated carbocycles. The van der Waals surface area contributed by atoms with Crippen molar-refractivity contribution in [2.24, 2.45) is 5.73 Å². The Bertz CT molecular complexity index is 1490. The van der Waals surface area contributed by atoms with Crippen molar-refractivity contribution in [2.75, 3.05) is 33.7 Å². The highest BCUT2D eigenvalue weighted by Crippen LogP contribution is 2.21. The van der Waals surface area contributed by atoms with Crippen LogP contribution in [0.3, 0.4) is 0 Å². The average Bonchev–Trinajstić information content (AvgIpc) is 2.99. The van der Waals surface area contributed by atoms with Gasteiger partial charge in [-0.25, -0.2) is 13.6 Å². The van der Waals surface area contributed by atoms with Crippen LogP contribution in [0.2, 0.25) is 0 Å². The highest BCUT2D eigenvalue weighted by molar-refractivity contribution is 6.00. The van der Waals surface area contributed by atoms with Gasteiger partial charge >= 0.3 is 6.09 Å². The van der Waals surface area contributed by atoms with Gasteiger partial charge in [0.2, 0.25) is 0 Å². The van der Waals surface area contributed by atoms with E-state index < -0.39 is 35.8 Å². The highest BCUT2D eigenvalue weighted by Gasteiger charge is 2.26. The smallest absolute Gasteiger partial charge is 0.410 e. The monoisotopic (exact) mass is 638 g/mol. The zero-order chi connectivity index (χ0) is 34.0. The zero-order valence-electron chi connectivity index (χ0n) is 27.1. The van der Waals surface area contributed by atoms with Crippen molar-refractivity contribution in [3.05, 3.63) is 100 Å². The van der Waals surface area contributed by atoms with Gasteiger partial charge in [-0.15, -0.1) is 0 Å². The number of nitrogens with two attached hydrogens (primary N) is 1. The molecule has 3 N–H and O–H groups in total. The summed E-state index contributed by atoms with van der Waals surface area (Å²) in [5.74, 6) is -1.89. The Kier molecular flexibility index (Phi) is 13.2. The van der Waals surface area contributed by atoms with Crippen LogP contribution in [0.15, 0.2) is 60.7 Å². The number of aliphatic hydroxyl groups excluding tert-OH is 1. The topological polar surface area (TPSA) is 116 Å². The number of hydrogen-bond donors (Lipinski definition) is 2. The van der Waals surface area contributed by atoms with E-state index in [2.05, 4.69) is 0 Å². The van der Waals surface area contributed by atoms with Gasteiger partial charge in [-0.1, -0.05) is 26.0 Å². The first kappa shape index (κ1) is 36.1. The molecule has 0 bridgehead atoms. The van der Waals surface area contributed by atoms with E-state index in [1.807, 2.05) is 13.8 Å². The van der Waals surface area contributed by atoms with Gasteiger partial charge in [0.15, 0.2) is 0 Å². The summed E-state index contributed by atoms with van der Waals surface area (Å²) in [5, 5.41) is 11.1. The number of rotatable bonds is 14. The number of hydrogen-bond acceptors (Lipinski definition) is 6. The van der Waals surface area contributed by atoms with Gasteiger partial charge in [-0.3, -0.25) is 9.59 Å². The second kappa shape index (κ2) is 16.8. The summed E-state index contributed by atoms with van der Waals surface area (Å²) < 4.78 is 32.9. The number of benzene rings is 3. The molecule has 2 atom stereocenters. The number of carbonyl (C=O) groups is 3. The van der Waals surface area contributed by atoms with E-state index in [9.17, 15) is 28.3 Å². The third kappa shape index (κ3) is 10.3. The van der Waals surface area contributed by atoms with E-state index in [-0.39, 0.29) is 42.3 Å². The van der Waals surface area contributed by atoms with Crippen LogP contribution < -0.4 is 10.5 Å². The molecule has 0 aromatic heterocycles. The summed E-state index contributed by atoms with van der Waals surface area (Å²) in [6, 6.07) is 13.7. The number of nitrogens with zero attached hydrogens (tertiary/aromatic N) is 3. The van der Waals surface area contributed by atoms with Crippen LogP contribution in [0, 0.1) is 18.6 Å². The summed E-state index contributed by atoms with van der Waals surface area (Å²) >= 11 is 0. The van der Waals surface area contributed by atoms with Gasteiger partial charge in [-0.05, 0) is 85.3 Å². The van der Waals surface area contributed by atoms with Gasteiger partial charge in [0.05, 0.1) is 6.10 Å². The fraction of sp³-hybridized carbons (Fsp3) is 0.400. The third-order valence-electron chi connectivity index (χ3n) is 7.27. The summed E-state index contributed by atoms with van der Waals surface area (Å²) in [6.07, 6.45) is -0.305. The lowest BCUT2D eigenvalue weighted by molar-refractivity contribution is 0.0554. The minimum Gasteiger partial charge on any atom is -0.410 e. The maximum atomic E-state index is 14.1. The third-order valence-corrected chi connectivity index (χ3v) is 7.27. The van der Waals surface area contributed by atoms with E-state index >= 15 is 0 Å². The van der Waals surface area contributed by atoms with E-state index in [4.69, 9.17) is 10.5 Å². The van der Waals surface area contributed by atoms with Crippen LogP contribution >= 0.6 is 0 Å². The van der Waals surface area contributed by atoms with Crippen molar-refractivity contribution < 1.29 is 33.0 Å². The predicted octanol–water partition coefficient (Wildman–Crippen LogP) is 5.17. The molecule has 11 heteroatoms. The first-order valence-corrected chi connectivity index (χ1v) is 15.4. The van der Waals surface area contributed by atoms with Crippen LogP contribution in [0.5, 0.6) is 5.75 Å². The lowest BCUT2D eigenvalue weighted by Gasteiger charge is -2.29. The molecule has 0 unspecified atom stereocenters. The minimum atomic E-state index is -1.28. The van der Waals surface area contributed by atoms with E-state index in [0.29, 0.717) is 29.8 Å². The number of amides is 3. The summed E-state index contributed by atoms with van der Waals surface area (Å²) in [4.78, 5) is 44.1. The van der Waals surface area contributed by atoms with Crippen molar-refractivity contribution in [3.8, 4) is 5.75 Å². The lowest BCUT2D eigenvalue weighted by Crippen LogP contribution is -2.46. The molecule has 46 heavy (non-hydrogen) atoms. The first-order valence-electron chi connectivity index (χ1n) is 15.4. The Hall–Kier alpha value is -4.35. The molecular formula is C35H44F2N4O5. The second-order valence-corrected chi connectivity index (χ2v) is 11.7. The molecule has 0 aliphatic heterocycles. The van der Waals surface area contributed by atoms with Crippen molar-refractivity contribution >= 4 is 17.9 Å². The summed E-state index contributed by atoms with van der Waals surface area (Å²) in [7, 11) is 3.11. The molecule has 248 valence electrons. The van der Waals surface area contributed by atoms with Gasteiger partial charge < -0.3 is 30.3 Å². The van der Waals surface area contributed by atoms with Crippen molar-refractivity contribution in [1.82, 2.24) is 14.7 Å². The Labute approximate surface area is 269 Å². The summed E-state index contributed by atoms with van der Waals surface area (Å²) in [6.45, 7) is 6.74. The first-order chi connectivity index (χ1) is 21.8. The molecule has 0 aliphatic rings. The minimum absolute atomic E-state index is 0.000419. The maximum absolute atomic E-state index is 14.1. The fourth-order valence-electron chi connectivity index (χ4n) is 5.09. The van der Waals surface area contributed by atoms with Gasteiger partial charge in [0.1, 0.15) is 17.4 Å². The van der Waals surface area contributed by atoms with Crippen molar-refractivity contribution in [2.45, 2.75) is 58.7 Å². The van der Waals surface area contributed by atoms with Crippen LogP contribution in [0.4, 0.5) is 13.6 Å². The Morgan fingerprint density at radius 1 is 0.848 bits per heavy atom. The number of ether oxygens (including phenoxy) is 1. The standard InChI is InChI=1S/C35H44F2N4O5/c1-6-11-40(12-7-2)33(43)26-13-23(3)14-27(19-26)34(44)41(21-24-9-8-10-30(17-24)46-35(45)39(4)5)22-32(42)31(38)18-25-15-28(36)20-29(37)16-25/h8-10,13-17,19-20,31-32,42H,6-7,11-12,18,21-22,38H2,1-5H3/t31-,32+/m0/s1. The lowest BCUT2D eigenvalue weighted by atomic mass is 10.00. The molecule has 9 nitrogen and oxygen atoms in total. The second-order valence-electron chi connectivity index (χ2n) is 11.7. The molecule has 3 rings (SSSR count). The van der Waals surface area contributed by atoms with Crippen molar-refractivity contribution in [3.63, 3.8) is 0 Å². The van der Waals surface area contributed by atoms with Crippen LogP contribution in [-0.2, 0) is 13.0 Å². The quantitative estimate of drug-likeness (QED) is 0.252. The van der Waals surface area contributed by atoms with Crippen LogP contribution in [0.25, 0.3) is 0 Å². The van der Waals surface area contributed by atoms with Crippen molar-refractivity contribution in [1.29, 1.82) is 0 Å². The normalized spacial score (nSPS) is 12.3. The molecule has 0 fully saturated rings. The van der Waals surface area contributed by atoms with Crippen LogP contribution in [-0.4, -0.2) is 83.6 Å². The SMILES string of the molecule is CCCN(CCC)C(=O)c1cc(C)cc(C(=O)N(Cc2cccc(OC(=O)N(C)C)c2)C[C@@H](O)[C@@H](N)Cc2cc(F)cc(F)c2)c1. The van der Waals surface area contributed by atoms with Gasteiger partial charge in [0, 0.05) is 63.5 Å². The Morgan fingerprint density at radius 3 is 2.00 bits per heavy atom. The molecule has 0 radical (unpaired) electrons. The van der Waals surface area contributed by atoms with Gasteiger partial charge in [-0.2, -0.15) is 0 Å². The van der Waals surface area contributed by atoms with Crippen LogP contribution in [0.1, 0.15) is 64.1 Å². The molecule has 3 aromatic carbocycles. The van der Waals surface area contributed by atoms with E-state index in [0.717, 1.165) is 31.0 Å². The largest absolute Gasteiger partial charge is 0.414 e. The molecule has 3 aromatic rings.